The highest BCUT2D eigenvalue weighted by Gasteiger charge is 2.05. The molecule has 6 nitrogen and oxygen atoms in total. The summed E-state index contributed by atoms with van der Waals surface area (Å²) in [5.74, 6) is -0.211. The average molecular weight is 314 g/mol. The summed E-state index contributed by atoms with van der Waals surface area (Å²) >= 11 is 0. The van der Waals surface area contributed by atoms with Gasteiger partial charge >= 0.3 is 12.0 Å². The lowest BCUT2D eigenvalue weighted by molar-refractivity contribution is 0.0697. The molecule has 2 amide bonds. The maximum absolute atomic E-state index is 11.8. The maximum Gasteiger partial charge on any atom is 0.335 e. The van der Waals surface area contributed by atoms with Crippen LogP contribution in [0, 0.1) is 0 Å². The summed E-state index contributed by atoms with van der Waals surface area (Å²) in [5, 5.41) is 14.2. The van der Waals surface area contributed by atoms with Crippen LogP contribution in [0.15, 0.2) is 48.5 Å². The molecule has 0 unspecified atom stereocenters. The molecule has 0 aliphatic carbocycles. The molecular formula is C17H18N2O4. The van der Waals surface area contributed by atoms with Crippen LogP contribution >= 0.6 is 0 Å². The highest BCUT2D eigenvalue weighted by molar-refractivity contribution is 5.91. The van der Waals surface area contributed by atoms with Crippen LogP contribution in [0.4, 0.5) is 10.5 Å². The third-order valence-electron chi connectivity index (χ3n) is 3.26. The van der Waals surface area contributed by atoms with Gasteiger partial charge in [-0.2, -0.15) is 0 Å². The Morgan fingerprint density at radius 2 is 1.78 bits per heavy atom. The number of carbonyl (C=O) groups excluding carboxylic acids is 1. The highest BCUT2D eigenvalue weighted by Crippen LogP contribution is 2.17. The fourth-order valence-corrected chi connectivity index (χ4v) is 2.09. The Labute approximate surface area is 134 Å². The van der Waals surface area contributed by atoms with Crippen LogP contribution in [0.2, 0.25) is 0 Å². The summed E-state index contributed by atoms with van der Waals surface area (Å²) in [4.78, 5) is 22.6. The number of carboxylic acids is 1. The Morgan fingerprint density at radius 3 is 2.43 bits per heavy atom. The molecule has 0 saturated carbocycles. The van der Waals surface area contributed by atoms with Crippen LogP contribution in [0.3, 0.4) is 0 Å². The number of carboxylic acid groups (broad SMARTS) is 1. The van der Waals surface area contributed by atoms with Crippen molar-refractivity contribution in [1.29, 1.82) is 0 Å². The molecule has 6 heteroatoms. The number of para-hydroxylation sites is 1. The van der Waals surface area contributed by atoms with Gasteiger partial charge in [0.25, 0.3) is 0 Å². The van der Waals surface area contributed by atoms with Crippen LogP contribution in [-0.4, -0.2) is 30.8 Å². The van der Waals surface area contributed by atoms with Crippen LogP contribution in [0.5, 0.6) is 5.75 Å². The molecule has 23 heavy (non-hydrogen) atoms. The van der Waals surface area contributed by atoms with Crippen molar-refractivity contribution in [3.63, 3.8) is 0 Å². The number of carbonyl (C=O) groups is 2. The third kappa shape index (κ3) is 4.74. The quantitative estimate of drug-likeness (QED) is 0.765. The largest absolute Gasteiger partial charge is 0.496 e. The van der Waals surface area contributed by atoms with Gasteiger partial charge in [-0.3, -0.25) is 0 Å². The first-order valence-electron chi connectivity index (χ1n) is 7.10. The molecule has 2 rings (SSSR count). The van der Waals surface area contributed by atoms with Gasteiger partial charge < -0.3 is 20.5 Å². The number of hydrogen-bond donors (Lipinski definition) is 3. The second kappa shape index (κ2) is 7.84. The number of urea groups is 1. The van der Waals surface area contributed by atoms with E-state index in [1.54, 1.807) is 19.2 Å². The Balaban J connectivity index is 1.82. The standard InChI is InChI=1S/C17H18N2O4/c1-23-15-5-3-2-4-12(15)10-11-18-17(22)19-14-8-6-13(7-9-14)16(20)21/h2-9H,10-11H2,1H3,(H,20,21)(H2,18,19,22). The minimum absolute atomic E-state index is 0.173. The van der Waals surface area contributed by atoms with Crippen LogP contribution in [0.1, 0.15) is 15.9 Å². The smallest absolute Gasteiger partial charge is 0.335 e. The minimum atomic E-state index is -1.00. The summed E-state index contributed by atoms with van der Waals surface area (Å²) in [5.41, 5.74) is 1.72. The van der Waals surface area contributed by atoms with E-state index in [4.69, 9.17) is 9.84 Å². The number of hydrogen-bond acceptors (Lipinski definition) is 3. The molecule has 3 N–H and O–H groups in total. The zero-order valence-electron chi connectivity index (χ0n) is 12.7. The molecule has 0 aromatic heterocycles. The summed E-state index contributed by atoms with van der Waals surface area (Å²) in [6.07, 6.45) is 0.648. The van der Waals surface area contributed by atoms with E-state index >= 15 is 0 Å². The van der Waals surface area contributed by atoms with Gasteiger partial charge in [0.15, 0.2) is 0 Å². The highest BCUT2D eigenvalue weighted by atomic mass is 16.5. The molecule has 120 valence electrons. The van der Waals surface area contributed by atoms with E-state index in [0.717, 1.165) is 11.3 Å². The van der Waals surface area contributed by atoms with Gasteiger partial charge in [0.1, 0.15) is 5.75 Å². The molecule has 0 aliphatic heterocycles. The molecule has 0 heterocycles. The Kier molecular flexibility index (Phi) is 5.57. The van der Waals surface area contributed by atoms with Crippen molar-refractivity contribution in [1.82, 2.24) is 5.32 Å². The van der Waals surface area contributed by atoms with Gasteiger partial charge in [0.05, 0.1) is 12.7 Å². The van der Waals surface area contributed by atoms with Gasteiger partial charge in [0, 0.05) is 12.2 Å². The van der Waals surface area contributed by atoms with E-state index in [1.807, 2.05) is 24.3 Å². The van der Waals surface area contributed by atoms with Crippen molar-refractivity contribution in [2.75, 3.05) is 19.0 Å². The van der Waals surface area contributed by atoms with E-state index in [0.29, 0.717) is 18.7 Å². The number of methoxy groups -OCH3 is 1. The number of aromatic carboxylic acids is 1. The summed E-state index contributed by atoms with van der Waals surface area (Å²) in [6, 6.07) is 13.3. The fraction of sp³-hybridized carbons (Fsp3) is 0.176. The number of amides is 2. The number of ether oxygens (including phenoxy) is 1. The van der Waals surface area contributed by atoms with Gasteiger partial charge in [0.2, 0.25) is 0 Å². The molecule has 0 radical (unpaired) electrons. The van der Waals surface area contributed by atoms with Gasteiger partial charge in [-0.25, -0.2) is 9.59 Å². The van der Waals surface area contributed by atoms with Crippen molar-refractivity contribution in [3.05, 3.63) is 59.7 Å². The molecule has 0 fully saturated rings. The predicted octanol–water partition coefficient (Wildman–Crippen LogP) is 2.76. The zero-order chi connectivity index (χ0) is 16.7. The van der Waals surface area contributed by atoms with Crippen molar-refractivity contribution in [2.45, 2.75) is 6.42 Å². The molecule has 0 atom stereocenters. The molecule has 0 spiro atoms. The number of nitrogens with one attached hydrogen (secondary N) is 2. The maximum atomic E-state index is 11.8. The van der Waals surface area contributed by atoms with E-state index in [9.17, 15) is 9.59 Å². The van der Waals surface area contributed by atoms with Crippen molar-refractivity contribution in [2.24, 2.45) is 0 Å². The topological polar surface area (TPSA) is 87.7 Å². The Morgan fingerprint density at radius 1 is 1.09 bits per heavy atom. The second-order valence-corrected chi connectivity index (χ2v) is 4.83. The van der Waals surface area contributed by atoms with Crippen LogP contribution in [-0.2, 0) is 6.42 Å². The zero-order valence-corrected chi connectivity index (χ0v) is 12.7. The summed E-state index contributed by atoms with van der Waals surface area (Å²) in [7, 11) is 1.61. The van der Waals surface area contributed by atoms with Crippen molar-refractivity contribution < 1.29 is 19.4 Å². The number of rotatable bonds is 6. The van der Waals surface area contributed by atoms with E-state index < -0.39 is 5.97 Å². The number of benzene rings is 2. The Hall–Kier alpha value is -3.02. The minimum Gasteiger partial charge on any atom is -0.496 e. The lowest BCUT2D eigenvalue weighted by Crippen LogP contribution is -2.30. The molecule has 2 aromatic carbocycles. The lowest BCUT2D eigenvalue weighted by Gasteiger charge is -2.10. The molecule has 0 bridgehead atoms. The molecule has 0 saturated heterocycles. The third-order valence-corrected chi connectivity index (χ3v) is 3.26. The summed E-state index contributed by atoms with van der Waals surface area (Å²) in [6.45, 7) is 0.458. The average Bonchev–Trinajstić information content (AvgIpc) is 2.55. The first-order valence-corrected chi connectivity index (χ1v) is 7.10. The van der Waals surface area contributed by atoms with E-state index in [-0.39, 0.29) is 11.6 Å². The van der Waals surface area contributed by atoms with Crippen molar-refractivity contribution in [3.8, 4) is 5.75 Å². The SMILES string of the molecule is COc1ccccc1CCNC(=O)Nc1ccc(C(=O)O)cc1. The fourth-order valence-electron chi connectivity index (χ4n) is 2.09. The lowest BCUT2D eigenvalue weighted by atomic mass is 10.1. The molecule has 0 aliphatic rings. The van der Waals surface area contributed by atoms with Gasteiger partial charge in [-0.1, -0.05) is 18.2 Å². The monoisotopic (exact) mass is 314 g/mol. The number of anilines is 1. The first-order chi connectivity index (χ1) is 11.1. The molecule has 2 aromatic rings. The predicted molar refractivity (Wildman–Crippen MR) is 87.1 cm³/mol. The van der Waals surface area contributed by atoms with Crippen LogP contribution in [0.25, 0.3) is 0 Å². The first kappa shape index (κ1) is 16.4. The Bertz CT molecular complexity index is 683. The van der Waals surface area contributed by atoms with E-state index in [2.05, 4.69) is 10.6 Å². The summed E-state index contributed by atoms with van der Waals surface area (Å²) < 4.78 is 5.25. The van der Waals surface area contributed by atoms with Gasteiger partial charge in [-0.15, -0.1) is 0 Å². The van der Waals surface area contributed by atoms with Crippen LogP contribution < -0.4 is 15.4 Å². The van der Waals surface area contributed by atoms with Crippen molar-refractivity contribution >= 4 is 17.7 Å². The van der Waals surface area contributed by atoms with Gasteiger partial charge in [-0.05, 0) is 42.3 Å². The normalized spacial score (nSPS) is 9.96. The van der Waals surface area contributed by atoms with E-state index in [1.165, 1.54) is 12.1 Å². The second-order valence-electron chi connectivity index (χ2n) is 4.83. The molecular weight excluding hydrogens is 296 g/mol.